The number of aromatic nitrogens is 1. The lowest BCUT2D eigenvalue weighted by atomic mass is 10.2. The van der Waals surface area contributed by atoms with Crippen LogP contribution in [-0.4, -0.2) is 57.9 Å². The van der Waals surface area contributed by atoms with Gasteiger partial charge in [-0.3, -0.25) is 4.90 Å². The second kappa shape index (κ2) is 9.77. The van der Waals surface area contributed by atoms with Gasteiger partial charge in [0.25, 0.3) is 0 Å². The number of aliphatic carboxylic acids is 2. The van der Waals surface area contributed by atoms with Gasteiger partial charge < -0.3 is 19.5 Å². The molecule has 3 rings (SSSR count). The Morgan fingerprint density at radius 2 is 1.67 bits per heavy atom. The third kappa shape index (κ3) is 6.07. The van der Waals surface area contributed by atoms with Crippen LogP contribution in [0.15, 0.2) is 30.3 Å². The van der Waals surface area contributed by atoms with Crippen LogP contribution in [0.1, 0.15) is 22.5 Å². The number of halogens is 3. The first-order chi connectivity index (χ1) is 14.0. The highest BCUT2D eigenvalue weighted by molar-refractivity contribution is 6.27. The van der Waals surface area contributed by atoms with E-state index in [1.165, 1.54) is 12.1 Å². The number of carboxylic acid groups (broad SMARTS) is 2. The average Bonchev–Trinajstić information content (AvgIpc) is 2.95. The number of morpholine rings is 1. The van der Waals surface area contributed by atoms with Crippen LogP contribution in [0.2, 0.25) is 0 Å². The number of hydrogen-bond acceptors (Lipinski definition) is 4. The highest BCUT2D eigenvalue weighted by Gasteiger charge is 2.30. The number of rotatable bonds is 3. The van der Waals surface area contributed by atoms with Gasteiger partial charge in [0.1, 0.15) is 0 Å². The van der Waals surface area contributed by atoms with Crippen molar-refractivity contribution in [2.45, 2.75) is 26.6 Å². The zero-order valence-corrected chi connectivity index (χ0v) is 16.6. The molecule has 1 aromatic carbocycles. The fraction of sp³-hybridized carbons (Fsp3) is 0.400. The molecule has 0 unspecified atom stereocenters. The molecule has 10 heteroatoms. The number of carbonyl (C=O) groups is 2. The lowest BCUT2D eigenvalue weighted by Gasteiger charge is -2.26. The predicted octanol–water partition coefficient (Wildman–Crippen LogP) is 3.10. The van der Waals surface area contributed by atoms with Gasteiger partial charge >= 0.3 is 18.1 Å². The molecular weight excluding hydrogens is 405 g/mol. The van der Waals surface area contributed by atoms with Gasteiger partial charge in [-0.1, -0.05) is 6.07 Å². The summed E-state index contributed by atoms with van der Waals surface area (Å²) in [6.45, 7) is 7.90. The van der Waals surface area contributed by atoms with E-state index in [4.69, 9.17) is 24.5 Å². The molecule has 0 bridgehead atoms. The quantitative estimate of drug-likeness (QED) is 0.730. The molecule has 0 radical (unpaired) electrons. The third-order valence-electron chi connectivity index (χ3n) is 4.65. The van der Waals surface area contributed by atoms with Crippen molar-refractivity contribution in [1.82, 2.24) is 9.47 Å². The van der Waals surface area contributed by atoms with Gasteiger partial charge in [-0.15, -0.1) is 0 Å². The summed E-state index contributed by atoms with van der Waals surface area (Å²) >= 11 is 0. The molecule has 30 heavy (non-hydrogen) atoms. The zero-order chi connectivity index (χ0) is 22.5. The monoisotopic (exact) mass is 428 g/mol. The van der Waals surface area contributed by atoms with Crippen molar-refractivity contribution < 1.29 is 37.7 Å². The molecular formula is C20H23F3N2O5. The van der Waals surface area contributed by atoms with Crippen molar-refractivity contribution in [3.63, 3.8) is 0 Å². The van der Waals surface area contributed by atoms with Crippen LogP contribution >= 0.6 is 0 Å². The van der Waals surface area contributed by atoms with Crippen molar-refractivity contribution in [3.8, 4) is 5.69 Å². The summed E-state index contributed by atoms with van der Waals surface area (Å²) in [5.74, 6) is -3.65. The Balaban J connectivity index is 0.000000469. The van der Waals surface area contributed by atoms with Crippen LogP contribution in [0, 0.1) is 13.8 Å². The SMILES string of the molecule is Cc1cc(CN2CCOCC2)c(C)n1-c1cccc(C(F)(F)F)c1.O=C(O)C(=O)O. The Hall–Kier alpha value is -2.85. The van der Waals surface area contributed by atoms with Crippen molar-refractivity contribution in [1.29, 1.82) is 0 Å². The second-order valence-electron chi connectivity index (χ2n) is 6.78. The van der Waals surface area contributed by atoms with E-state index in [-0.39, 0.29) is 0 Å². The normalized spacial score (nSPS) is 14.7. The van der Waals surface area contributed by atoms with E-state index in [9.17, 15) is 13.2 Å². The number of carboxylic acids is 2. The molecule has 0 aliphatic carbocycles. The number of alkyl halides is 3. The maximum atomic E-state index is 13.0. The Kier molecular flexibility index (Phi) is 7.63. The van der Waals surface area contributed by atoms with Crippen molar-refractivity contribution in [2.75, 3.05) is 26.3 Å². The van der Waals surface area contributed by atoms with E-state index in [1.807, 2.05) is 18.4 Å². The Morgan fingerprint density at radius 1 is 1.07 bits per heavy atom. The average molecular weight is 428 g/mol. The number of hydrogen-bond donors (Lipinski definition) is 2. The van der Waals surface area contributed by atoms with E-state index in [0.717, 1.165) is 55.9 Å². The summed E-state index contributed by atoms with van der Waals surface area (Å²) in [4.78, 5) is 20.5. The minimum atomic E-state index is -4.33. The Labute approximate surface area is 171 Å². The van der Waals surface area contributed by atoms with Gasteiger partial charge in [-0.25, -0.2) is 9.59 Å². The molecule has 164 valence electrons. The maximum absolute atomic E-state index is 13.0. The molecule has 2 aromatic rings. The first kappa shape index (κ1) is 23.4. The van der Waals surface area contributed by atoms with E-state index in [2.05, 4.69) is 11.0 Å². The largest absolute Gasteiger partial charge is 0.473 e. The first-order valence-electron chi connectivity index (χ1n) is 9.12. The molecule has 0 saturated carbocycles. The number of benzene rings is 1. The van der Waals surface area contributed by atoms with E-state index in [0.29, 0.717) is 5.69 Å². The van der Waals surface area contributed by atoms with Gasteiger partial charge in [0.05, 0.1) is 18.8 Å². The van der Waals surface area contributed by atoms with Crippen LogP contribution in [-0.2, 0) is 27.0 Å². The fourth-order valence-electron chi connectivity index (χ4n) is 3.21. The lowest BCUT2D eigenvalue weighted by Crippen LogP contribution is -2.35. The van der Waals surface area contributed by atoms with Crippen molar-refractivity contribution >= 4 is 11.9 Å². The molecule has 1 saturated heterocycles. The van der Waals surface area contributed by atoms with Gasteiger partial charge in [0.15, 0.2) is 0 Å². The number of ether oxygens (including phenoxy) is 1. The van der Waals surface area contributed by atoms with Crippen molar-refractivity contribution in [2.24, 2.45) is 0 Å². The smallest absolute Gasteiger partial charge is 0.416 e. The molecule has 0 amide bonds. The number of nitrogens with zero attached hydrogens (tertiary/aromatic N) is 2. The van der Waals surface area contributed by atoms with Gasteiger partial charge in [0.2, 0.25) is 0 Å². The maximum Gasteiger partial charge on any atom is 0.416 e. The molecule has 1 aliphatic rings. The molecule has 1 fully saturated rings. The second-order valence-corrected chi connectivity index (χ2v) is 6.78. The van der Waals surface area contributed by atoms with E-state index < -0.39 is 23.7 Å². The van der Waals surface area contributed by atoms with Gasteiger partial charge in [-0.2, -0.15) is 13.2 Å². The van der Waals surface area contributed by atoms with Crippen LogP contribution in [0.4, 0.5) is 13.2 Å². The minimum Gasteiger partial charge on any atom is -0.473 e. The van der Waals surface area contributed by atoms with Crippen LogP contribution < -0.4 is 0 Å². The lowest BCUT2D eigenvalue weighted by molar-refractivity contribution is -0.159. The predicted molar refractivity (Wildman–Crippen MR) is 102 cm³/mol. The molecule has 7 nitrogen and oxygen atoms in total. The standard InChI is InChI=1S/C18H21F3N2O.C2H2O4/c1-13-10-15(12-22-6-8-24-9-7-22)14(2)23(13)17-5-3-4-16(11-17)18(19,20)21;3-1(4)2(5)6/h3-5,10-11H,6-9,12H2,1-2H3;(H,3,4)(H,5,6). The van der Waals surface area contributed by atoms with Crippen LogP contribution in [0.5, 0.6) is 0 Å². The van der Waals surface area contributed by atoms with Crippen molar-refractivity contribution in [3.05, 3.63) is 52.8 Å². The Morgan fingerprint density at radius 3 is 2.20 bits per heavy atom. The first-order valence-corrected chi connectivity index (χ1v) is 9.12. The Bertz CT molecular complexity index is 890. The van der Waals surface area contributed by atoms with Gasteiger partial charge in [0, 0.05) is 36.7 Å². The van der Waals surface area contributed by atoms with Gasteiger partial charge in [-0.05, 0) is 43.7 Å². The summed E-state index contributed by atoms with van der Waals surface area (Å²) in [7, 11) is 0. The molecule has 0 atom stereocenters. The molecule has 0 spiro atoms. The summed E-state index contributed by atoms with van der Waals surface area (Å²) in [6, 6.07) is 7.54. The van der Waals surface area contributed by atoms with Crippen LogP contribution in [0.3, 0.4) is 0 Å². The van der Waals surface area contributed by atoms with E-state index >= 15 is 0 Å². The fourth-order valence-corrected chi connectivity index (χ4v) is 3.21. The highest BCUT2D eigenvalue weighted by Crippen LogP contribution is 2.31. The minimum absolute atomic E-state index is 0.549. The molecule has 2 N–H and O–H groups in total. The van der Waals surface area contributed by atoms with Crippen LogP contribution in [0.25, 0.3) is 5.69 Å². The number of aryl methyl sites for hydroxylation is 1. The zero-order valence-electron chi connectivity index (χ0n) is 16.6. The highest BCUT2D eigenvalue weighted by atomic mass is 19.4. The third-order valence-corrected chi connectivity index (χ3v) is 4.65. The topological polar surface area (TPSA) is 92.0 Å². The summed E-state index contributed by atoms with van der Waals surface area (Å²) in [5, 5.41) is 14.8. The molecule has 2 heterocycles. The molecule has 1 aromatic heterocycles. The van der Waals surface area contributed by atoms with E-state index in [1.54, 1.807) is 6.07 Å². The summed E-state index contributed by atoms with van der Waals surface area (Å²) in [5.41, 5.74) is 3.00. The summed E-state index contributed by atoms with van der Waals surface area (Å²) in [6.07, 6.45) is -4.33. The summed E-state index contributed by atoms with van der Waals surface area (Å²) < 4.78 is 46.2. The molecule has 1 aliphatic heterocycles.